The Morgan fingerprint density at radius 1 is 0.524 bits per heavy atom. The zero-order chi connectivity index (χ0) is 45.5. The number of carboxylic acids is 2. The van der Waals surface area contributed by atoms with Crippen molar-refractivity contribution >= 4 is 46.0 Å². The Kier molecular flexibility index (Phi) is 16.8. The van der Waals surface area contributed by atoms with Gasteiger partial charge in [0.2, 0.25) is 0 Å². The third-order valence-electron chi connectivity index (χ3n) is 8.28. The molecular weight excluding hydrogens is 875 g/mol. The number of carboxylic acid groups (broad SMARTS) is 2. The third-order valence-corrected chi connectivity index (χ3v) is 9.04. The summed E-state index contributed by atoms with van der Waals surface area (Å²) < 4.78 is 119. The van der Waals surface area contributed by atoms with Gasteiger partial charge < -0.3 is 39.0 Å². The van der Waals surface area contributed by atoms with Crippen molar-refractivity contribution in [2.24, 2.45) is 0 Å². The molecule has 2 aromatic heterocycles. The van der Waals surface area contributed by atoms with Gasteiger partial charge in [-0.15, -0.1) is 11.3 Å². The van der Waals surface area contributed by atoms with Crippen LogP contribution in [0.15, 0.2) is 115 Å². The molecule has 0 saturated carbocycles. The molecule has 0 aliphatic rings. The topological polar surface area (TPSA) is 157 Å². The fourth-order valence-electron chi connectivity index (χ4n) is 5.80. The molecule has 0 atom stereocenters. The van der Waals surface area contributed by atoms with Gasteiger partial charge >= 0.3 is 38.4 Å². The molecule has 4 aromatic carbocycles. The van der Waals surface area contributed by atoms with E-state index in [2.05, 4.69) is 33.9 Å². The largest absolute Gasteiger partial charge is 0.481 e. The number of rotatable bonds is 20. The number of carbonyl (C=O) groups is 2. The minimum atomic E-state index is -3.25. The Morgan fingerprint density at radius 3 is 1.49 bits per heavy atom. The number of aromatic nitrogens is 3. The molecule has 22 heteroatoms. The van der Waals surface area contributed by atoms with E-state index in [0.29, 0.717) is 39.4 Å². The number of hydrogen-bond acceptors (Lipinski definition) is 12. The van der Waals surface area contributed by atoms with Crippen LogP contribution in [0.25, 0.3) is 0 Å². The third kappa shape index (κ3) is 14.7. The summed E-state index contributed by atoms with van der Waals surface area (Å²) in [6, 6.07) is 20.6. The van der Waals surface area contributed by atoms with Gasteiger partial charge in [0.25, 0.3) is 0 Å². The molecule has 0 saturated heterocycles. The summed E-state index contributed by atoms with van der Waals surface area (Å²) in [6.45, 7) is -12.5. The van der Waals surface area contributed by atoms with E-state index in [9.17, 15) is 44.7 Å². The maximum atomic E-state index is 12.8. The predicted molar refractivity (Wildman–Crippen MR) is 211 cm³/mol. The highest BCUT2D eigenvalue weighted by molar-refractivity contribution is 7.09. The lowest BCUT2D eigenvalue weighted by Gasteiger charge is -2.26. The maximum absolute atomic E-state index is 12.8. The van der Waals surface area contributed by atoms with Crippen LogP contribution in [0.4, 0.5) is 57.9 Å². The molecule has 0 aliphatic carbocycles. The van der Waals surface area contributed by atoms with Crippen molar-refractivity contribution in [2.45, 2.75) is 52.4 Å². The second-order valence-electron chi connectivity index (χ2n) is 12.6. The molecule has 13 nitrogen and oxygen atoms in total. The second kappa shape index (κ2) is 22.6. The average Bonchev–Trinajstić information content (AvgIpc) is 3.74. The maximum Gasteiger partial charge on any atom is 0.387 e. The number of hydrogen-bond donors (Lipinski definition) is 2. The first-order chi connectivity index (χ1) is 30.1. The minimum Gasteiger partial charge on any atom is -0.481 e. The van der Waals surface area contributed by atoms with Gasteiger partial charge in [0, 0.05) is 63.9 Å². The number of anilines is 4. The molecule has 0 unspecified atom stereocenters. The van der Waals surface area contributed by atoms with Crippen molar-refractivity contribution in [3.05, 3.63) is 137 Å². The summed E-state index contributed by atoms with van der Waals surface area (Å²) in [5.74, 6) is -4.18. The molecule has 6 rings (SSSR count). The van der Waals surface area contributed by atoms with Crippen molar-refractivity contribution < 1.29 is 73.9 Å². The highest BCUT2D eigenvalue weighted by Gasteiger charge is 2.21. The lowest BCUT2D eigenvalue weighted by Crippen LogP contribution is -2.17. The van der Waals surface area contributed by atoms with Gasteiger partial charge in [0.15, 0.2) is 23.0 Å². The average molecular weight is 908 g/mol. The summed E-state index contributed by atoms with van der Waals surface area (Å²) in [5.41, 5.74) is 5.21. The minimum absolute atomic E-state index is 0.168. The zero-order valence-electron chi connectivity index (χ0n) is 32.1. The van der Waals surface area contributed by atoms with Crippen LogP contribution in [0, 0.1) is 0 Å². The van der Waals surface area contributed by atoms with Gasteiger partial charge in [-0.2, -0.15) is 35.1 Å². The number of benzene rings is 4. The fraction of sp³-hybridized carbons (Fsp3) is 0.195. The van der Waals surface area contributed by atoms with Crippen LogP contribution in [0.2, 0.25) is 0 Å². The predicted octanol–water partition coefficient (Wildman–Crippen LogP) is 9.96. The molecule has 0 radical (unpaired) electrons. The number of alkyl halides is 8. The van der Waals surface area contributed by atoms with E-state index in [1.165, 1.54) is 29.8 Å². The normalized spacial score (nSPS) is 11.0. The van der Waals surface area contributed by atoms with E-state index in [4.69, 9.17) is 10.2 Å². The number of ether oxygens (including phenoxy) is 4. The van der Waals surface area contributed by atoms with Gasteiger partial charge in [-0.05, 0) is 59.7 Å². The quantitative estimate of drug-likeness (QED) is 0.0699. The standard InChI is InChI=1S/C21H17F4N3O4.C20H16F4N2O4S/c22-20(23)31-17-6-5-16(8-18(17)32-21(24)25)28(11-14-9-26-12-27-10-14)15-3-1-13(2-4-15)7-19(29)30;21-19(22)29-16-5-4-14(8-17(16)30-20(23)24)26(10-15-9-25-11-31-15)13-3-1-2-12(6-13)7-18(27)28/h1-6,8-10,12,20-21H,7,11H2,(H,29,30);1-6,8-9,11,19-20H,7,10H2,(H,27,28). The summed E-state index contributed by atoms with van der Waals surface area (Å²) >= 11 is 1.36. The number of aliphatic carboxylic acids is 2. The van der Waals surface area contributed by atoms with Crippen LogP contribution in [0.5, 0.6) is 23.0 Å². The van der Waals surface area contributed by atoms with Crippen molar-refractivity contribution in [1.82, 2.24) is 15.0 Å². The summed E-state index contributed by atoms with van der Waals surface area (Å²) in [5, 5.41) is 18.0. The Balaban J connectivity index is 0.000000238. The van der Waals surface area contributed by atoms with E-state index in [0.717, 1.165) is 29.1 Å². The fourth-order valence-corrected chi connectivity index (χ4v) is 6.39. The van der Waals surface area contributed by atoms with E-state index >= 15 is 0 Å². The molecule has 332 valence electrons. The SMILES string of the molecule is O=C(O)Cc1ccc(N(Cc2cncnc2)c2ccc(OC(F)F)c(OC(F)F)c2)cc1.O=C(O)Cc1cccc(N(Cc2cncs2)c2ccc(OC(F)F)c(OC(F)F)c2)c1. The van der Waals surface area contributed by atoms with Gasteiger partial charge in [-0.25, -0.2) is 9.97 Å². The smallest absolute Gasteiger partial charge is 0.387 e. The van der Waals surface area contributed by atoms with Crippen molar-refractivity contribution in [2.75, 3.05) is 9.80 Å². The van der Waals surface area contributed by atoms with E-state index in [1.54, 1.807) is 82.4 Å². The van der Waals surface area contributed by atoms with Crippen molar-refractivity contribution in [3.63, 3.8) is 0 Å². The molecule has 63 heavy (non-hydrogen) atoms. The zero-order valence-corrected chi connectivity index (χ0v) is 32.9. The van der Waals surface area contributed by atoms with Gasteiger partial charge in [0.05, 0.1) is 31.4 Å². The molecule has 0 spiro atoms. The molecule has 2 heterocycles. The highest BCUT2D eigenvalue weighted by Crippen LogP contribution is 2.39. The Hall–Kier alpha value is -7.23. The lowest BCUT2D eigenvalue weighted by atomic mass is 10.1. The van der Waals surface area contributed by atoms with Crippen LogP contribution in [-0.2, 0) is 35.5 Å². The first-order valence-corrected chi connectivity index (χ1v) is 18.9. The van der Waals surface area contributed by atoms with E-state index in [1.807, 2.05) is 0 Å². The van der Waals surface area contributed by atoms with Crippen molar-refractivity contribution in [1.29, 1.82) is 0 Å². The molecule has 2 N–H and O–H groups in total. The van der Waals surface area contributed by atoms with Gasteiger partial charge in [0.1, 0.15) is 6.33 Å². The molecule has 0 bridgehead atoms. The first kappa shape index (κ1) is 46.8. The number of thiazole rings is 1. The molecule has 0 amide bonds. The van der Waals surface area contributed by atoms with Crippen LogP contribution in [-0.4, -0.2) is 63.5 Å². The molecule has 6 aromatic rings. The summed E-state index contributed by atoms with van der Waals surface area (Å²) in [7, 11) is 0. The first-order valence-electron chi connectivity index (χ1n) is 18.0. The van der Waals surface area contributed by atoms with Gasteiger partial charge in [-0.1, -0.05) is 24.3 Å². The van der Waals surface area contributed by atoms with E-state index in [-0.39, 0.29) is 25.9 Å². The Morgan fingerprint density at radius 2 is 1.00 bits per heavy atom. The number of halogens is 8. The van der Waals surface area contributed by atoms with Crippen molar-refractivity contribution in [3.8, 4) is 23.0 Å². The molecular formula is C41H33F8N5O8S. The molecule has 0 aliphatic heterocycles. The van der Waals surface area contributed by atoms with Crippen LogP contribution in [0.1, 0.15) is 21.6 Å². The Bertz CT molecular complexity index is 2390. The van der Waals surface area contributed by atoms with Crippen LogP contribution >= 0.6 is 11.3 Å². The summed E-state index contributed by atoms with van der Waals surface area (Å²) in [6.07, 6.45) is 5.72. The van der Waals surface area contributed by atoms with Crippen LogP contribution < -0.4 is 28.7 Å². The lowest BCUT2D eigenvalue weighted by molar-refractivity contribution is -0.137. The van der Waals surface area contributed by atoms with Crippen LogP contribution in [0.3, 0.4) is 0 Å². The monoisotopic (exact) mass is 907 g/mol. The second-order valence-corrected chi connectivity index (χ2v) is 13.6. The Labute approximate surface area is 356 Å². The highest BCUT2D eigenvalue weighted by atomic mass is 32.1. The van der Waals surface area contributed by atoms with Gasteiger partial charge in [-0.3, -0.25) is 14.6 Å². The summed E-state index contributed by atoms with van der Waals surface area (Å²) in [4.78, 5) is 38.1. The number of nitrogens with zero attached hydrogens (tertiary/aromatic N) is 5. The molecule has 0 fully saturated rings. The van der Waals surface area contributed by atoms with E-state index < -0.39 is 61.4 Å².